The highest BCUT2D eigenvalue weighted by Gasteiger charge is 2.07. The Bertz CT molecular complexity index is 334. The van der Waals surface area contributed by atoms with Crippen molar-refractivity contribution in [3.8, 4) is 0 Å². The SMILES string of the molecule is CCCCc1ccc([N+](=O)[O-])cc1C. The summed E-state index contributed by atoms with van der Waals surface area (Å²) in [5, 5.41) is 10.5. The van der Waals surface area contributed by atoms with Crippen molar-refractivity contribution in [2.75, 3.05) is 0 Å². The fraction of sp³-hybridized carbons (Fsp3) is 0.455. The zero-order valence-electron chi connectivity index (χ0n) is 8.62. The first kappa shape index (κ1) is 10.7. The van der Waals surface area contributed by atoms with Crippen molar-refractivity contribution in [3.63, 3.8) is 0 Å². The summed E-state index contributed by atoms with van der Waals surface area (Å²) in [5.74, 6) is 0. The van der Waals surface area contributed by atoms with Crippen LogP contribution in [0.5, 0.6) is 0 Å². The molecule has 0 amide bonds. The smallest absolute Gasteiger partial charge is 0.258 e. The van der Waals surface area contributed by atoms with Crippen LogP contribution in [0.15, 0.2) is 18.2 Å². The van der Waals surface area contributed by atoms with Gasteiger partial charge < -0.3 is 0 Å². The van der Waals surface area contributed by atoms with Gasteiger partial charge in [0, 0.05) is 12.1 Å². The van der Waals surface area contributed by atoms with Gasteiger partial charge in [-0.25, -0.2) is 0 Å². The highest BCUT2D eigenvalue weighted by atomic mass is 16.6. The molecule has 0 radical (unpaired) electrons. The number of non-ortho nitro benzene ring substituents is 1. The average Bonchev–Trinajstić information content (AvgIpc) is 2.15. The molecule has 0 unspecified atom stereocenters. The molecule has 0 spiro atoms. The van der Waals surface area contributed by atoms with Gasteiger partial charge in [0.15, 0.2) is 0 Å². The van der Waals surface area contributed by atoms with Crippen molar-refractivity contribution in [1.82, 2.24) is 0 Å². The Balaban J connectivity index is 2.84. The molecule has 3 nitrogen and oxygen atoms in total. The van der Waals surface area contributed by atoms with Crippen LogP contribution in [0, 0.1) is 17.0 Å². The number of aryl methyl sites for hydroxylation is 2. The molecule has 0 saturated carbocycles. The summed E-state index contributed by atoms with van der Waals surface area (Å²) in [4.78, 5) is 10.1. The van der Waals surface area contributed by atoms with Crippen molar-refractivity contribution in [2.24, 2.45) is 0 Å². The quantitative estimate of drug-likeness (QED) is 0.544. The standard InChI is InChI=1S/C11H15NO2/c1-3-4-5-10-6-7-11(12(13)14)8-9(10)2/h6-8H,3-5H2,1-2H3. The third kappa shape index (κ3) is 2.55. The molecule has 76 valence electrons. The van der Waals surface area contributed by atoms with E-state index in [9.17, 15) is 10.1 Å². The second-order valence-electron chi connectivity index (χ2n) is 3.47. The lowest BCUT2D eigenvalue weighted by Crippen LogP contribution is -1.93. The van der Waals surface area contributed by atoms with E-state index >= 15 is 0 Å². The molecule has 1 aromatic carbocycles. The zero-order chi connectivity index (χ0) is 10.6. The van der Waals surface area contributed by atoms with Gasteiger partial charge in [-0.05, 0) is 30.9 Å². The summed E-state index contributed by atoms with van der Waals surface area (Å²) in [6, 6.07) is 5.09. The Morgan fingerprint density at radius 2 is 2.14 bits per heavy atom. The number of nitrogens with zero attached hydrogens (tertiary/aromatic N) is 1. The molecule has 0 aliphatic heterocycles. The minimum absolute atomic E-state index is 0.183. The van der Waals surface area contributed by atoms with Gasteiger partial charge in [0.2, 0.25) is 0 Å². The summed E-state index contributed by atoms with van der Waals surface area (Å²) in [6.07, 6.45) is 3.30. The van der Waals surface area contributed by atoms with E-state index in [1.807, 2.05) is 13.0 Å². The zero-order valence-corrected chi connectivity index (χ0v) is 8.62. The maximum atomic E-state index is 10.5. The summed E-state index contributed by atoms with van der Waals surface area (Å²) < 4.78 is 0. The fourth-order valence-corrected chi connectivity index (χ4v) is 1.44. The first-order chi connectivity index (χ1) is 6.65. The van der Waals surface area contributed by atoms with Gasteiger partial charge in [-0.1, -0.05) is 19.4 Å². The molecule has 1 rings (SSSR count). The van der Waals surface area contributed by atoms with Gasteiger partial charge in [-0.2, -0.15) is 0 Å². The van der Waals surface area contributed by atoms with Crippen LogP contribution >= 0.6 is 0 Å². The predicted octanol–water partition coefficient (Wildman–Crippen LogP) is 3.25. The normalized spacial score (nSPS) is 10.1. The van der Waals surface area contributed by atoms with Crippen molar-refractivity contribution >= 4 is 5.69 Å². The summed E-state index contributed by atoms with van der Waals surface area (Å²) >= 11 is 0. The molecule has 14 heavy (non-hydrogen) atoms. The van der Waals surface area contributed by atoms with E-state index in [-0.39, 0.29) is 10.6 Å². The van der Waals surface area contributed by atoms with E-state index in [2.05, 4.69) is 6.92 Å². The molecule has 1 aromatic rings. The highest BCUT2D eigenvalue weighted by Crippen LogP contribution is 2.18. The van der Waals surface area contributed by atoms with Crippen LogP contribution in [0.1, 0.15) is 30.9 Å². The van der Waals surface area contributed by atoms with Crippen LogP contribution in [0.2, 0.25) is 0 Å². The molecule has 0 atom stereocenters. The van der Waals surface area contributed by atoms with Gasteiger partial charge in [0.05, 0.1) is 4.92 Å². The lowest BCUT2D eigenvalue weighted by Gasteiger charge is -2.03. The number of nitro benzene ring substituents is 1. The van der Waals surface area contributed by atoms with Crippen LogP contribution in [0.4, 0.5) is 5.69 Å². The van der Waals surface area contributed by atoms with E-state index in [0.29, 0.717) is 0 Å². The van der Waals surface area contributed by atoms with Crippen LogP contribution in [-0.2, 0) is 6.42 Å². The van der Waals surface area contributed by atoms with Gasteiger partial charge in [0.1, 0.15) is 0 Å². The number of nitro groups is 1. The molecule has 0 N–H and O–H groups in total. The fourth-order valence-electron chi connectivity index (χ4n) is 1.44. The van der Waals surface area contributed by atoms with E-state index < -0.39 is 0 Å². The Kier molecular flexibility index (Phi) is 3.63. The molecule has 0 aliphatic rings. The van der Waals surface area contributed by atoms with Crippen LogP contribution < -0.4 is 0 Å². The van der Waals surface area contributed by atoms with E-state index in [0.717, 1.165) is 24.8 Å². The van der Waals surface area contributed by atoms with Gasteiger partial charge >= 0.3 is 0 Å². The molecule has 0 heterocycles. The monoisotopic (exact) mass is 193 g/mol. The largest absolute Gasteiger partial charge is 0.269 e. The maximum Gasteiger partial charge on any atom is 0.269 e. The van der Waals surface area contributed by atoms with Crippen LogP contribution in [0.25, 0.3) is 0 Å². The number of rotatable bonds is 4. The molecule has 0 bridgehead atoms. The van der Waals surface area contributed by atoms with Crippen LogP contribution in [0.3, 0.4) is 0 Å². The first-order valence-corrected chi connectivity index (χ1v) is 4.89. The summed E-state index contributed by atoms with van der Waals surface area (Å²) in [6.45, 7) is 4.07. The highest BCUT2D eigenvalue weighted by molar-refractivity contribution is 5.39. The Morgan fingerprint density at radius 3 is 2.64 bits per heavy atom. The molecule has 0 aliphatic carbocycles. The third-order valence-electron chi connectivity index (χ3n) is 2.34. The molecule has 0 aromatic heterocycles. The second-order valence-corrected chi connectivity index (χ2v) is 3.47. The van der Waals surface area contributed by atoms with Gasteiger partial charge in [0.25, 0.3) is 5.69 Å². The minimum atomic E-state index is -0.351. The second kappa shape index (κ2) is 4.74. The Hall–Kier alpha value is -1.38. The molecule has 0 fully saturated rings. The summed E-state index contributed by atoms with van der Waals surface area (Å²) in [5.41, 5.74) is 2.42. The lowest BCUT2D eigenvalue weighted by molar-refractivity contribution is -0.384. The molecular formula is C11H15NO2. The lowest BCUT2D eigenvalue weighted by atomic mass is 10.0. The number of hydrogen-bond donors (Lipinski definition) is 0. The number of unbranched alkanes of at least 4 members (excludes halogenated alkanes) is 1. The van der Waals surface area contributed by atoms with E-state index in [1.165, 1.54) is 5.56 Å². The molecule has 3 heteroatoms. The van der Waals surface area contributed by atoms with E-state index in [4.69, 9.17) is 0 Å². The van der Waals surface area contributed by atoms with E-state index in [1.54, 1.807) is 12.1 Å². The minimum Gasteiger partial charge on any atom is -0.258 e. The third-order valence-corrected chi connectivity index (χ3v) is 2.34. The van der Waals surface area contributed by atoms with Crippen LogP contribution in [-0.4, -0.2) is 4.92 Å². The maximum absolute atomic E-state index is 10.5. The molecular weight excluding hydrogens is 178 g/mol. The van der Waals surface area contributed by atoms with Crippen molar-refractivity contribution in [3.05, 3.63) is 39.4 Å². The average molecular weight is 193 g/mol. The van der Waals surface area contributed by atoms with Crippen molar-refractivity contribution < 1.29 is 4.92 Å². The van der Waals surface area contributed by atoms with Crippen molar-refractivity contribution in [2.45, 2.75) is 33.1 Å². The topological polar surface area (TPSA) is 43.1 Å². The number of benzene rings is 1. The Labute approximate surface area is 83.9 Å². The summed E-state index contributed by atoms with van der Waals surface area (Å²) in [7, 11) is 0. The van der Waals surface area contributed by atoms with Crippen molar-refractivity contribution in [1.29, 1.82) is 0 Å². The Morgan fingerprint density at radius 1 is 1.43 bits per heavy atom. The van der Waals surface area contributed by atoms with Gasteiger partial charge in [-0.15, -0.1) is 0 Å². The first-order valence-electron chi connectivity index (χ1n) is 4.89. The molecule has 0 saturated heterocycles. The number of hydrogen-bond acceptors (Lipinski definition) is 2. The predicted molar refractivity (Wildman–Crippen MR) is 56.4 cm³/mol. The van der Waals surface area contributed by atoms with Gasteiger partial charge in [-0.3, -0.25) is 10.1 Å².